The van der Waals surface area contributed by atoms with E-state index in [0.717, 1.165) is 22.4 Å². The molecule has 0 fully saturated rings. The van der Waals surface area contributed by atoms with Crippen LogP contribution in [0.4, 0.5) is 11.4 Å². The number of nitrogens with zero attached hydrogens (tertiary/aromatic N) is 2. The lowest BCUT2D eigenvalue weighted by Gasteiger charge is -2.08. The Kier molecular flexibility index (Phi) is 2.79. The van der Waals surface area contributed by atoms with Gasteiger partial charge in [-0.15, -0.1) is 0 Å². The number of anilines is 2. The molecule has 3 N–H and O–H groups in total. The van der Waals surface area contributed by atoms with Crippen molar-refractivity contribution in [2.45, 2.75) is 13.5 Å². The van der Waals surface area contributed by atoms with E-state index in [0.29, 0.717) is 18.1 Å². The lowest BCUT2D eigenvalue weighted by Crippen LogP contribution is -2.01. The van der Waals surface area contributed by atoms with Gasteiger partial charge in [-0.05, 0) is 19.1 Å². The van der Waals surface area contributed by atoms with Crippen LogP contribution in [0.2, 0.25) is 0 Å². The van der Waals surface area contributed by atoms with E-state index in [1.165, 1.54) is 0 Å². The number of aromatic nitrogens is 2. The van der Waals surface area contributed by atoms with Crippen molar-refractivity contribution in [2.75, 3.05) is 11.1 Å². The molecule has 0 aliphatic rings. The van der Waals surface area contributed by atoms with Gasteiger partial charge in [-0.1, -0.05) is 12.1 Å². The fourth-order valence-electron chi connectivity index (χ4n) is 2.01. The molecule has 5 heteroatoms. The molecule has 0 atom stereocenters. The first-order chi connectivity index (χ1) is 9.24. The van der Waals surface area contributed by atoms with Crippen LogP contribution in [0.3, 0.4) is 0 Å². The summed E-state index contributed by atoms with van der Waals surface area (Å²) in [6, 6.07) is 7.66. The van der Waals surface area contributed by atoms with E-state index in [9.17, 15) is 0 Å². The highest BCUT2D eigenvalue weighted by molar-refractivity contribution is 5.97. The summed E-state index contributed by atoms with van der Waals surface area (Å²) >= 11 is 0. The Bertz CT molecular complexity index is 720. The molecule has 0 aliphatic heterocycles. The molecule has 3 aromatic rings. The zero-order valence-corrected chi connectivity index (χ0v) is 10.6. The van der Waals surface area contributed by atoms with Crippen LogP contribution in [-0.2, 0) is 6.54 Å². The number of hydrogen-bond donors (Lipinski definition) is 2. The monoisotopic (exact) mass is 254 g/mol. The molecule has 3 rings (SSSR count). The summed E-state index contributed by atoms with van der Waals surface area (Å²) in [5, 5.41) is 4.28. The molecule has 0 aliphatic carbocycles. The van der Waals surface area contributed by atoms with E-state index in [4.69, 9.17) is 10.2 Å². The molecule has 19 heavy (non-hydrogen) atoms. The van der Waals surface area contributed by atoms with Crippen LogP contribution in [-0.4, -0.2) is 9.97 Å². The molecule has 2 aromatic heterocycles. The molecule has 2 heterocycles. The van der Waals surface area contributed by atoms with Gasteiger partial charge in [-0.3, -0.25) is 4.98 Å². The average molecular weight is 254 g/mol. The van der Waals surface area contributed by atoms with Crippen molar-refractivity contribution >= 4 is 22.3 Å². The predicted octanol–water partition coefficient (Wildman–Crippen LogP) is 2.73. The summed E-state index contributed by atoms with van der Waals surface area (Å²) in [5.74, 6) is 1.46. The van der Waals surface area contributed by atoms with E-state index < -0.39 is 0 Å². The first kappa shape index (κ1) is 11.5. The Morgan fingerprint density at radius 3 is 2.95 bits per heavy atom. The summed E-state index contributed by atoms with van der Waals surface area (Å²) in [7, 11) is 0. The van der Waals surface area contributed by atoms with Crippen LogP contribution in [0.5, 0.6) is 0 Å². The van der Waals surface area contributed by atoms with Crippen molar-refractivity contribution in [1.82, 2.24) is 9.97 Å². The molecule has 0 radical (unpaired) electrons. The number of fused-ring (bicyclic) bond motifs is 1. The lowest BCUT2D eigenvalue weighted by atomic mass is 10.1. The maximum absolute atomic E-state index is 5.91. The largest absolute Gasteiger partial charge is 0.444 e. The number of oxazole rings is 1. The molecule has 1 aromatic carbocycles. The number of benzene rings is 1. The third-order valence-corrected chi connectivity index (χ3v) is 2.90. The van der Waals surface area contributed by atoms with Gasteiger partial charge < -0.3 is 15.5 Å². The number of hydrogen-bond acceptors (Lipinski definition) is 5. The van der Waals surface area contributed by atoms with Crippen LogP contribution < -0.4 is 11.1 Å². The summed E-state index contributed by atoms with van der Waals surface area (Å²) in [5.41, 5.74) is 8.36. The number of nitrogen functional groups attached to an aromatic ring is 1. The smallest absolute Gasteiger partial charge is 0.213 e. The summed E-state index contributed by atoms with van der Waals surface area (Å²) in [4.78, 5) is 8.46. The van der Waals surface area contributed by atoms with E-state index in [2.05, 4.69) is 15.3 Å². The third-order valence-electron chi connectivity index (χ3n) is 2.90. The average Bonchev–Trinajstić information content (AvgIpc) is 2.83. The zero-order valence-electron chi connectivity index (χ0n) is 10.6. The van der Waals surface area contributed by atoms with Crippen LogP contribution >= 0.6 is 0 Å². The maximum Gasteiger partial charge on any atom is 0.213 e. The Morgan fingerprint density at radius 2 is 2.16 bits per heavy atom. The second-order valence-electron chi connectivity index (χ2n) is 4.32. The number of pyridine rings is 1. The summed E-state index contributed by atoms with van der Waals surface area (Å²) in [6.45, 7) is 2.40. The molecule has 0 bridgehead atoms. The highest BCUT2D eigenvalue weighted by atomic mass is 16.4. The maximum atomic E-state index is 5.91. The SMILES string of the molecule is Cc1cnc(CNc2ccnc3c(N)cccc23)o1. The van der Waals surface area contributed by atoms with Crippen molar-refractivity contribution in [3.8, 4) is 0 Å². The lowest BCUT2D eigenvalue weighted by molar-refractivity contribution is 0.479. The molecule has 96 valence electrons. The standard InChI is InChI=1S/C14H14N4O/c1-9-7-18-13(19-9)8-17-12-5-6-16-14-10(12)3-2-4-11(14)15/h2-7H,8,15H2,1H3,(H,16,17). The van der Waals surface area contributed by atoms with E-state index in [-0.39, 0.29) is 0 Å². The first-order valence-electron chi connectivity index (χ1n) is 6.02. The summed E-state index contributed by atoms with van der Waals surface area (Å²) in [6.07, 6.45) is 3.45. The molecule has 0 unspecified atom stereocenters. The van der Waals surface area contributed by atoms with Crippen LogP contribution in [0.25, 0.3) is 10.9 Å². The van der Waals surface area contributed by atoms with Gasteiger partial charge in [0, 0.05) is 17.3 Å². The molecule has 0 saturated heterocycles. The fourth-order valence-corrected chi connectivity index (χ4v) is 2.01. The van der Waals surface area contributed by atoms with Crippen molar-refractivity contribution in [2.24, 2.45) is 0 Å². The van der Waals surface area contributed by atoms with Crippen molar-refractivity contribution in [3.63, 3.8) is 0 Å². The van der Waals surface area contributed by atoms with Gasteiger partial charge >= 0.3 is 0 Å². The van der Waals surface area contributed by atoms with Gasteiger partial charge in [-0.25, -0.2) is 4.98 Å². The Hall–Kier alpha value is -2.56. The first-order valence-corrected chi connectivity index (χ1v) is 6.02. The normalized spacial score (nSPS) is 10.8. The van der Waals surface area contributed by atoms with Gasteiger partial charge in [0.15, 0.2) is 0 Å². The molecule has 0 saturated carbocycles. The molecule has 5 nitrogen and oxygen atoms in total. The van der Waals surface area contributed by atoms with Gasteiger partial charge in [0.25, 0.3) is 0 Å². The van der Waals surface area contributed by atoms with E-state index in [1.807, 2.05) is 31.2 Å². The molecule has 0 spiro atoms. The van der Waals surface area contributed by atoms with Gasteiger partial charge in [0.1, 0.15) is 5.76 Å². The second-order valence-corrected chi connectivity index (χ2v) is 4.32. The number of rotatable bonds is 3. The van der Waals surface area contributed by atoms with Crippen molar-refractivity contribution < 1.29 is 4.42 Å². The highest BCUT2D eigenvalue weighted by Gasteiger charge is 2.05. The highest BCUT2D eigenvalue weighted by Crippen LogP contribution is 2.25. The number of para-hydroxylation sites is 1. The van der Waals surface area contributed by atoms with E-state index in [1.54, 1.807) is 12.4 Å². The summed E-state index contributed by atoms with van der Waals surface area (Å²) < 4.78 is 5.43. The molecular formula is C14H14N4O. The van der Waals surface area contributed by atoms with Crippen molar-refractivity contribution in [1.29, 1.82) is 0 Å². The quantitative estimate of drug-likeness (QED) is 0.703. The Labute approximate surface area is 110 Å². The van der Waals surface area contributed by atoms with Gasteiger partial charge in [-0.2, -0.15) is 0 Å². The fraction of sp³-hybridized carbons (Fsp3) is 0.143. The topological polar surface area (TPSA) is 77.0 Å². The minimum atomic E-state index is 0.530. The van der Waals surface area contributed by atoms with Gasteiger partial charge in [0.05, 0.1) is 23.9 Å². The van der Waals surface area contributed by atoms with E-state index >= 15 is 0 Å². The Balaban J connectivity index is 1.91. The minimum Gasteiger partial charge on any atom is -0.444 e. The Morgan fingerprint density at radius 1 is 1.26 bits per heavy atom. The van der Waals surface area contributed by atoms with Crippen LogP contribution in [0.1, 0.15) is 11.7 Å². The second kappa shape index (κ2) is 4.61. The predicted molar refractivity (Wildman–Crippen MR) is 74.7 cm³/mol. The molecular weight excluding hydrogens is 240 g/mol. The van der Waals surface area contributed by atoms with Crippen molar-refractivity contribution in [3.05, 3.63) is 48.3 Å². The van der Waals surface area contributed by atoms with Gasteiger partial charge in [0.2, 0.25) is 5.89 Å². The minimum absolute atomic E-state index is 0.530. The number of nitrogens with one attached hydrogen (secondary N) is 1. The number of aryl methyl sites for hydroxylation is 1. The van der Waals surface area contributed by atoms with Crippen LogP contribution in [0, 0.1) is 6.92 Å². The van der Waals surface area contributed by atoms with Crippen LogP contribution in [0.15, 0.2) is 41.1 Å². The third kappa shape index (κ3) is 2.22. The zero-order chi connectivity index (χ0) is 13.2. The number of nitrogens with two attached hydrogens (primary N) is 1. The molecule has 0 amide bonds.